The predicted octanol–water partition coefficient (Wildman–Crippen LogP) is 1.72. The lowest BCUT2D eigenvalue weighted by Crippen LogP contribution is -2.33. The molecule has 0 radical (unpaired) electrons. The van der Waals surface area contributed by atoms with Crippen molar-refractivity contribution in [1.29, 1.82) is 0 Å². The number of carbonyl (C=O) groups excluding carboxylic acids is 1. The number of methoxy groups -OCH3 is 1. The van der Waals surface area contributed by atoms with Crippen molar-refractivity contribution in [1.82, 2.24) is 4.98 Å². The van der Waals surface area contributed by atoms with E-state index in [1.807, 2.05) is 13.8 Å². The summed E-state index contributed by atoms with van der Waals surface area (Å²) in [6.07, 6.45) is 2.26. The molecule has 0 fully saturated rings. The van der Waals surface area contributed by atoms with Gasteiger partial charge in [0.2, 0.25) is 0 Å². The van der Waals surface area contributed by atoms with Crippen molar-refractivity contribution in [2.24, 2.45) is 11.7 Å². The minimum atomic E-state index is -0.442. The third-order valence-electron chi connectivity index (χ3n) is 2.56. The van der Waals surface area contributed by atoms with Gasteiger partial charge >= 0.3 is 5.97 Å². The molecule has 0 spiro atoms. The number of anilines is 1. The van der Waals surface area contributed by atoms with Crippen molar-refractivity contribution in [2.45, 2.75) is 26.3 Å². The number of nitrogens with two attached hydrogens (primary N) is 1. The maximum absolute atomic E-state index is 11.8. The van der Waals surface area contributed by atoms with Crippen molar-refractivity contribution in [3.63, 3.8) is 0 Å². The molecule has 0 aliphatic heterocycles. The maximum Gasteiger partial charge on any atom is 0.328 e. The van der Waals surface area contributed by atoms with Gasteiger partial charge in [-0.1, -0.05) is 26.1 Å². The smallest absolute Gasteiger partial charge is 0.328 e. The molecular formula is C13H19N3O2S. The van der Waals surface area contributed by atoms with Crippen LogP contribution in [0.4, 0.5) is 5.69 Å². The molecular weight excluding hydrogens is 262 g/mol. The second-order valence-corrected chi connectivity index (χ2v) is 5.05. The van der Waals surface area contributed by atoms with Crippen LogP contribution >= 0.6 is 12.2 Å². The molecule has 1 unspecified atom stereocenters. The summed E-state index contributed by atoms with van der Waals surface area (Å²) in [4.78, 5) is 16.1. The van der Waals surface area contributed by atoms with E-state index in [0.29, 0.717) is 23.7 Å². The number of ether oxygens (including phenoxy) is 1. The Kier molecular flexibility index (Phi) is 5.69. The Bertz CT molecular complexity index is 463. The number of nitrogens with zero attached hydrogens (tertiary/aromatic N) is 1. The van der Waals surface area contributed by atoms with Gasteiger partial charge in [0.15, 0.2) is 0 Å². The number of pyridine rings is 1. The Morgan fingerprint density at radius 1 is 1.58 bits per heavy atom. The molecule has 104 valence electrons. The van der Waals surface area contributed by atoms with E-state index < -0.39 is 6.04 Å². The summed E-state index contributed by atoms with van der Waals surface area (Å²) in [6, 6.07) is 3.10. The zero-order chi connectivity index (χ0) is 14.4. The second kappa shape index (κ2) is 7.04. The Morgan fingerprint density at radius 3 is 2.79 bits per heavy atom. The molecule has 1 aromatic heterocycles. The minimum Gasteiger partial charge on any atom is -0.467 e. The Hall–Kier alpha value is -1.69. The van der Waals surface area contributed by atoms with Gasteiger partial charge in [0, 0.05) is 6.20 Å². The first kappa shape index (κ1) is 15.4. The van der Waals surface area contributed by atoms with Crippen molar-refractivity contribution in [3.05, 3.63) is 24.0 Å². The van der Waals surface area contributed by atoms with E-state index in [-0.39, 0.29) is 11.0 Å². The maximum atomic E-state index is 11.8. The van der Waals surface area contributed by atoms with Crippen LogP contribution in [0.5, 0.6) is 0 Å². The standard InChI is InChI=1S/C13H19N3O2S/c1-8(2)7-10(13(17)18-3)16-9-5-4-6-15-11(9)12(14)19/h4-6,8,10,16H,7H2,1-3H3,(H2,14,19). The quantitative estimate of drug-likeness (QED) is 0.610. The third-order valence-corrected chi connectivity index (χ3v) is 2.76. The van der Waals surface area contributed by atoms with Gasteiger partial charge in [-0.05, 0) is 24.5 Å². The first-order valence-corrected chi connectivity index (χ1v) is 6.45. The molecule has 0 saturated heterocycles. The number of hydrogen-bond acceptors (Lipinski definition) is 5. The molecule has 3 N–H and O–H groups in total. The predicted molar refractivity (Wildman–Crippen MR) is 79.0 cm³/mol. The first-order valence-electron chi connectivity index (χ1n) is 6.04. The SMILES string of the molecule is COC(=O)C(CC(C)C)Nc1cccnc1C(N)=S. The Morgan fingerprint density at radius 2 is 2.26 bits per heavy atom. The average Bonchev–Trinajstić information content (AvgIpc) is 2.36. The lowest BCUT2D eigenvalue weighted by Gasteiger charge is -2.20. The lowest BCUT2D eigenvalue weighted by molar-refractivity contribution is -0.141. The van der Waals surface area contributed by atoms with Crippen LogP contribution < -0.4 is 11.1 Å². The molecule has 1 rings (SSSR count). The Balaban J connectivity index is 2.96. The van der Waals surface area contributed by atoms with Crippen molar-refractivity contribution < 1.29 is 9.53 Å². The largest absolute Gasteiger partial charge is 0.467 e. The summed E-state index contributed by atoms with van der Waals surface area (Å²) in [5.41, 5.74) is 6.74. The Labute approximate surface area is 118 Å². The molecule has 1 aromatic rings. The van der Waals surface area contributed by atoms with Crippen LogP contribution in [-0.2, 0) is 9.53 Å². The fourth-order valence-corrected chi connectivity index (χ4v) is 1.90. The van der Waals surface area contributed by atoms with Gasteiger partial charge in [0.1, 0.15) is 16.7 Å². The van der Waals surface area contributed by atoms with Gasteiger partial charge in [-0.15, -0.1) is 0 Å². The molecule has 0 aromatic carbocycles. The summed E-state index contributed by atoms with van der Waals surface area (Å²) in [6.45, 7) is 4.07. The summed E-state index contributed by atoms with van der Waals surface area (Å²) >= 11 is 4.94. The second-order valence-electron chi connectivity index (χ2n) is 4.61. The van der Waals surface area contributed by atoms with E-state index in [2.05, 4.69) is 10.3 Å². The van der Waals surface area contributed by atoms with Gasteiger partial charge in [-0.25, -0.2) is 4.79 Å². The van der Waals surface area contributed by atoms with Crippen LogP contribution in [0, 0.1) is 5.92 Å². The van der Waals surface area contributed by atoms with E-state index in [4.69, 9.17) is 22.7 Å². The minimum absolute atomic E-state index is 0.191. The van der Waals surface area contributed by atoms with Gasteiger partial charge < -0.3 is 15.8 Å². The number of nitrogens with one attached hydrogen (secondary N) is 1. The molecule has 0 aliphatic rings. The summed E-state index contributed by atoms with van der Waals surface area (Å²) in [5.74, 6) is 0.0352. The van der Waals surface area contributed by atoms with Crippen molar-refractivity contribution >= 4 is 28.9 Å². The van der Waals surface area contributed by atoms with Gasteiger partial charge in [-0.2, -0.15) is 0 Å². The van der Waals surface area contributed by atoms with Gasteiger partial charge in [0.25, 0.3) is 0 Å². The number of thiocarbonyl (C=S) groups is 1. The van der Waals surface area contributed by atoms with Crippen LogP contribution in [0.3, 0.4) is 0 Å². The van der Waals surface area contributed by atoms with Crippen molar-refractivity contribution in [2.75, 3.05) is 12.4 Å². The number of rotatable bonds is 6. The highest BCUT2D eigenvalue weighted by Gasteiger charge is 2.21. The molecule has 0 amide bonds. The van der Waals surface area contributed by atoms with E-state index in [0.717, 1.165) is 0 Å². The van der Waals surface area contributed by atoms with Crippen LogP contribution in [0.25, 0.3) is 0 Å². The van der Waals surface area contributed by atoms with E-state index in [1.165, 1.54) is 7.11 Å². The number of esters is 1. The van der Waals surface area contributed by atoms with Crippen LogP contribution in [0.2, 0.25) is 0 Å². The van der Waals surface area contributed by atoms with Gasteiger partial charge in [0.05, 0.1) is 12.8 Å². The highest BCUT2D eigenvalue weighted by atomic mass is 32.1. The van der Waals surface area contributed by atoms with E-state index in [9.17, 15) is 4.79 Å². The third kappa shape index (κ3) is 4.48. The molecule has 0 bridgehead atoms. The van der Waals surface area contributed by atoms with Gasteiger partial charge in [-0.3, -0.25) is 4.98 Å². The average molecular weight is 281 g/mol. The molecule has 0 saturated carbocycles. The normalized spacial score (nSPS) is 12.0. The lowest BCUT2D eigenvalue weighted by atomic mass is 10.0. The molecule has 0 aliphatic carbocycles. The number of carbonyl (C=O) groups is 1. The van der Waals surface area contributed by atoms with Crippen LogP contribution in [0.15, 0.2) is 18.3 Å². The molecule has 5 nitrogen and oxygen atoms in total. The highest BCUT2D eigenvalue weighted by molar-refractivity contribution is 7.80. The summed E-state index contributed by atoms with van der Waals surface area (Å²) in [5, 5.41) is 3.11. The summed E-state index contributed by atoms with van der Waals surface area (Å²) < 4.78 is 4.80. The zero-order valence-electron chi connectivity index (χ0n) is 11.3. The number of hydrogen-bond donors (Lipinski definition) is 2. The highest BCUT2D eigenvalue weighted by Crippen LogP contribution is 2.17. The molecule has 19 heavy (non-hydrogen) atoms. The molecule has 6 heteroatoms. The molecule has 1 heterocycles. The topological polar surface area (TPSA) is 77.2 Å². The van der Waals surface area contributed by atoms with Crippen LogP contribution in [-0.4, -0.2) is 29.1 Å². The zero-order valence-corrected chi connectivity index (χ0v) is 12.2. The van der Waals surface area contributed by atoms with Crippen LogP contribution in [0.1, 0.15) is 26.0 Å². The fourth-order valence-electron chi connectivity index (χ4n) is 1.73. The summed E-state index contributed by atoms with van der Waals surface area (Å²) in [7, 11) is 1.37. The van der Waals surface area contributed by atoms with E-state index >= 15 is 0 Å². The fraction of sp³-hybridized carbons (Fsp3) is 0.462. The first-order chi connectivity index (χ1) is 8.95. The van der Waals surface area contributed by atoms with E-state index in [1.54, 1.807) is 18.3 Å². The monoisotopic (exact) mass is 281 g/mol. The number of aromatic nitrogens is 1. The molecule has 1 atom stereocenters. The van der Waals surface area contributed by atoms with Crippen molar-refractivity contribution in [3.8, 4) is 0 Å².